The first-order valence-electron chi connectivity index (χ1n) is 12.9. The molecule has 6 nitrogen and oxygen atoms in total. The molecule has 0 bridgehead atoms. The lowest BCUT2D eigenvalue weighted by molar-refractivity contribution is 0.0434. The van der Waals surface area contributed by atoms with Crippen LogP contribution in [-0.2, 0) is 11.3 Å². The van der Waals surface area contributed by atoms with Crippen molar-refractivity contribution in [3.8, 4) is 17.3 Å². The average molecular weight is 478 g/mol. The van der Waals surface area contributed by atoms with Crippen molar-refractivity contribution in [1.82, 2.24) is 14.7 Å². The van der Waals surface area contributed by atoms with Crippen molar-refractivity contribution in [1.29, 1.82) is 0 Å². The van der Waals surface area contributed by atoms with Crippen molar-refractivity contribution in [2.75, 3.05) is 19.7 Å². The van der Waals surface area contributed by atoms with Gasteiger partial charge in [-0.2, -0.15) is 5.10 Å². The predicted octanol–water partition coefficient (Wildman–Crippen LogP) is 5.81. The molecule has 1 saturated heterocycles. The fourth-order valence-electron chi connectivity index (χ4n) is 4.62. The summed E-state index contributed by atoms with van der Waals surface area (Å²) in [7, 11) is 0. The molecule has 0 radical (unpaired) electrons. The smallest absolute Gasteiger partial charge is 0.227 e. The van der Waals surface area contributed by atoms with Gasteiger partial charge in [-0.25, -0.2) is 4.68 Å². The maximum absolute atomic E-state index is 10.8. The molecule has 0 saturated carbocycles. The Kier molecular flexibility index (Phi) is 8.96. The number of aliphatic hydroxyl groups is 1. The third-order valence-electron chi connectivity index (χ3n) is 6.60. The molecule has 2 atom stereocenters. The summed E-state index contributed by atoms with van der Waals surface area (Å²) in [6.07, 6.45) is 4.94. The molecule has 0 amide bonds. The number of para-hydroxylation sites is 1. The monoisotopic (exact) mass is 477 g/mol. The van der Waals surface area contributed by atoms with Gasteiger partial charge in [-0.3, -0.25) is 4.90 Å². The minimum absolute atomic E-state index is 0.208. The lowest BCUT2D eigenvalue weighted by Crippen LogP contribution is -2.37. The number of aliphatic hydroxyl groups excluding tert-OH is 1. The molecule has 0 aliphatic carbocycles. The van der Waals surface area contributed by atoms with E-state index in [9.17, 15) is 5.11 Å². The van der Waals surface area contributed by atoms with E-state index >= 15 is 0 Å². The Bertz CT molecular complexity index is 1040. The normalized spacial score (nSPS) is 16.7. The number of hydrogen-bond donors (Lipinski definition) is 1. The van der Waals surface area contributed by atoms with E-state index in [1.807, 2.05) is 54.1 Å². The van der Waals surface area contributed by atoms with Gasteiger partial charge in [0.2, 0.25) is 5.88 Å². The van der Waals surface area contributed by atoms with Crippen LogP contribution in [0.15, 0.2) is 54.6 Å². The molecule has 6 heteroatoms. The van der Waals surface area contributed by atoms with Crippen LogP contribution in [-0.4, -0.2) is 51.7 Å². The van der Waals surface area contributed by atoms with Gasteiger partial charge in [0.15, 0.2) is 0 Å². The van der Waals surface area contributed by atoms with Crippen molar-refractivity contribution < 1.29 is 14.6 Å². The number of unbranched alkanes of at least 4 members (excludes halogenated alkanes) is 1. The molecule has 1 N–H and O–H groups in total. The lowest BCUT2D eigenvalue weighted by Gasteiger charge is -2.27. The number of ether oxygens (including phenoxy) is 2. The number of aromatic nitrogens is 2. The molecule has 35 heavy (non-hydrogen) atoms. The molecule has 2 aromatic carbocycles. The van der Waals surface area contributed by atoms with Crippen molar-refractivity contribution in [2.45, 2.75) is 71.6 Å². The summed E-state index contributed by atoms with van der Waals surface area (Å²) in [5.41, 5.74) is 4.11. The van der Waals surface area contributed by atoms with Crippen LogP contribution >= 0.6 is 0 Å². The highest BCUT2D eigenvalue weighted by Crippen LogP contribution is 2.32. The maximum atomic E-state index is 10.8. The zero-order chi connectivity index (χ0) is 24.6. The number of benzene rings is 2. The molecule has 0 unspecified atom stereocenters. The predicted molar refractivity (Wildman–Crippen MR) is 139 cm³/mol. The van der Waals surface area contributed by atoms with Gasteiger partial charge in [0, 0.05) is 26.2 Å². The van der Waals surface area contributed by atoms with E-state index in [1.165, 1.54) is 5.56 Å². The maximum Gasteiger partial charge on any atom is 0.227 e. The standard InChI is InChI=1S/C29H39N3O3/c1-4-5-12-25(33)19-31(20-27-13-9-18-34-27)21-28-23(3)30-32(24-10-7-6-8-11-24)29(28)35-26-16-14-22(2)15-17-26/h6-8,10-11,14-17,25,27,33H,4-5,9,12-13,18-21H2,1-3H3/t25-,27+/m0/s1. The van der Waals surface area contributed by atoms with E-state index in [0.29, 0.717) is 13.1 Å². The SMILES string of the molecule is CCCC[C@H](O)CN(Cc1c(C)nn(-c2ccccc2)c1Oc1ccc(C)cc1)C[C@H]1CCCO1. The highest BCUT2D eigenvalue weighted by atomic mass is 16.5. The Morgan fingerprint density at radius 3 is 2.60 bits per heavy atom. The van der Waals surface area contributed by atoms with E-state index < -0.39 is 0 Å². The fraction of sp³-hybridized carbons (Fsp3) is 0.483. The number of nitrogens with zero attached hydrogens (tertiary/aromatic N) is 3. The molecule has 1 fully saturated rings. The summed E-state index contributed by atoms with van der Waals surface area (Å²) in [6, 6.07) is 18.2. The van der Waals surface area contributed by atoms with Gasteiger partial charge >= 0.3 is 0 Å². The van der Waals surface area contributed by atoms with E-state index in [2.05, 4.69) is 30.9 Å². The molecule has 2 heterocycles. The third kappa shape index (κ3) is 6.94. The van der Waals surface area contributed by atoms with Crippen molar-refractivity contribution >= 4 is 0 Å². The minimum Gasteiger partial charge on any atom is -0.439 e. The average Bonchev–Trinajstić information content (AvgIpc) is 3.48. The second kappa shape index (κ2) is 12.3. The Hall–Kier alpha value is -2.67. The Balaban J connectivity index is 1.65. The van der Waals surface area contributed by atoms with Crippen LogP contribution in [0.3, 0.4) is 0 Å². The van der Waals surface area contributed by atoms with Gasteiger partial charge < -0.3 is 14.6 Å². The summed E-state index contributed by atoms with van der Waals surface area (Å²) >= 11 is 0. The summed E-state index contributed by atoms with van der Waals surface area (Å²) in [5, 5.41) is 15.6. The third-order valence-corrected chi connectivity index (χ3v) is 6.60. The first kappa shape index (κ1) is 25.4. The van der Waals surface area contributed by atoms with E-state index in [1.54, 1.807) is 0 Å². The molecule has 1 aliphatic heterocycles. The van der Waals surface area contributed by atoms with Crippen LogP contribution in [0, 0.1) is 13.8 Å². The van der Waals surface area contributed by atoms with Gasteiger partial charge in [-0.05, 0) is 57.4 Å². The van der Waals surface area contributed by atoms with Crippen LogP contribution < -0.4 is 4.74 Å². The Morgan fingerprint density at radius 1 is 1.14 bits per heavy atom. The molecule has 188 valence electrons. The van der Waals surface area contributed by atoms with Crippen molar-refractivity contribution in [3.63, 3.8) is 0 Å². The molecule has 1 aromatic heterocycles. The minimum atomic E-state index is -0.359. The largest absolute Gasteiger partial charge is 0.439 e. The van der Waals surface area contributed by atoms with Gasteiger partial charge in [-0.1, -0.05) is 55.7 Å². The second-order valence-corrected chi connectivity index (χ2v) is 9.66. The lowest BCUT2D eigenvalue weighted by atomic mass is 10.1. The van der Waals surface area contributed by atoms with Crippen LogP contribution in [0.1, 0.15) is 55.8 Å². The zero-order valence-electron chi connectivity index (χ0n) is 21.3. The quantitative estimate of drug-likeness (QED) is 0.357. The van der Waals surface area contributed by atoms with Crippen LogP contribution in [0.5, 0.6) is 11.6 Å². The zero-order valence-corrected chi connectivity index (χ0v) is 21.3. The van der Waals surface area contributed by atoms with E-state index in [-0.39, 0.29) is 12.2 Å². The summed E-state index contributed by atoms with van der Waals surface area (Å²) in [4.78, 5) is 2.32. The van der Waals surface area contributed by atoms with Gasteiger partial charge in [0.05, 0.1) is 29.2 Å². The van der Waals surface area contributed by atoms with E-state index in [4.69, 9.17) is 14.6 Å². The van der Waals surface area contributed by atoms with Crippen molar-refractivity contribution in [3.05, 3.63) is 71.4 Å². The van der Waals surface area contributed by atoms with Crippen LogP contribution in [0.25, 0.3) is 5.69 Å². The van der Waals surface area contributed by atoms with E-state index in [0.717, 1.165) is 73.8 Å². The topological polar surface area (TPSA) is 59.8 Å². The summed E-state index contributed by atoms with van der Waals surface area (Å²) in [6.45, 7) is 9.14. The molecular weight excluding hydrogens is 438 g/mol. The molecule has 4 rings (SSSR count). The Morgan fingerprint density at radius 2 is 1.91 bits per heavy atom. The fourth-order valence-corrected chi connectivity index (χ4v) is 4.62. The second-order valence-electron chi connectivity index (χ2n) is 9.66. The Labute approximate surface area is 209 Å². The first-order valence-corrected chi connectivity index (χ1v) is 12.9. The van der Waals surface area contributed by atoms with Gasteiger partial charge in [0.1, 0.15) is 5.75 Å². The molecular formula is C29H39N3O3. The highest BCUT2D eigenvalue weighted by molar-refractivity contribution is 5.43. The van der Waals surface area contributed by atoms with Gasteiger partial charge in [-0.15, -0.1) is 0 Å². The first-order chi connectivity index (χ1) is 17.0. The van der Waals surface area contributed by atoms with Crippen molar-refractivity contribution in [2.24, 2.45) is 0 Å². The van der Waals surface area contributed by atoms with Gasteiger partial charge in [0.25, 0.3) is 0 Å². The van der Waals surface area contributed by atoms with Crippen LogP contribution in [0.4, 0.5) is 0 Å². The number of hydrogen-bond acceptors (Lipinski definition) is 5. The molecule has 0 spiro atoms. The van der Waals surface area contributed by atoms with Crippen LogP contribution in [0.2, 0.25) is 0 Å². The molecule has 1 aliphatic rings. The number of aryl methyl sites for hydroxylation is 2. The summed E-state index contributed by atoms with van der Waals surface area (Å²) < 4.78 is 14.3. The molecule has 3 aromatic rings. The number of rotatable bonds is 12. The summed E-state index contributed by atoms with van der Waals surface area (Å²) in [5.74, 6) is 1.50. The highest BCUT2D eigenvalue weighted by Gasteiger charge is 2.25.